The van der Waals surface area contributed by atoms with Gasteiger partial charge in [0.1, 0.15) is 0 Å². The van der Waals surface area contributed by atoms with Gasteiger partial charge in [0.05, 0.1) is 6.10 Å². The van der Waals surface area contributed by atoms with E-state index in [0.29, 0.717) is 5.92 Å². The van der Waals surface area contributed by atoms with E-state index >= 15 is 0 Å². The lowest BCUT2D eigenvalue weighted by Crippen LogP contribution is -2.05. The molecule has 0 fully saturated rings. The lowest BCUT2D eigenvalue weighted by molar-refractivity contribution is 0.146. The van der Waals surface area contributed by atoms with Gasteiger partial charge in [0, 0.05) is 12.4 Å². The fourth-order valence-electron chi connectivity index (χ4n) is 1.53. The zero-order chi connectivity index (χ0) is 10.6. The minimum Gasteiger partial charge on any atom is -0.388 e. The second-order valence-corrected chi connectivity index (χ2v) is 4.00. The number of nitrogens with zero attached hydrogens (tertiary/aromatic N) is 1. The first kappa shape index (κ1) is 11.2. The van der Waals surface area contributed by atoms with E-state index in [1.54, 1.807) is 12.4 Å². The first-order chi connectivity index (χ1) is 6.65. The van der Waals surface area contributed by atoms with Gasteiger partial charge in [-0.25, -0.2) is 0 Å². The van der Waals surface area contributed by atoms with Crippen LogP contribution < -0.4 is 0 Å². The number of aryl methyl sites for hydroxylation is 1. The van der Waals surface area contributed by atoms with Crippen LogP contribution in [0.3, 0.4) is 0 Å². The van der Waals surface area contributed by atoms with Gasteiger partial charge < -0.3 is 5.11 Å². The molecule has 0 spiro atoms. The Labute approximate surface area is 86.0 Å². The van der Waals surface area contributed by atoms with Crippen LogP contribution in [0.25, 0.3) is 0 Å². The van der Waals surface area contributed by atoms with Crippen molar-refractivity contribution in [1.82, 2.24) is 4.98 Å². The van der Waals surface area contributed by atoms with Crippen LogP contribution in [0, 0.1) is 12.8 Å². The van der Waals surface area contributed by atoms with E-state index in [9.17, 15) is 5.11 Å². The normalized spacial score (nSPS) is 15.1. The van der Waals surface area contributed by atoms with Crippen LogP contribution in [0.1, 0.15) is 43.9 Å². The maximum atomic E-state index is 9.98. The van der Waals surface area contributed by atoms with Crippen LogP contribution in [0.4, 0.5) is 0 Å². The molecule has 0 bridgehead atoms. The van der Waals surface area contributed by atoms with Gasteiger partial charge >= 0.3 is 0 Å². The van der Waals surface area contributed by atoms with E-state index in [1.165, 1.54) is 0 Å². The number of aliphatic hydroxyl groups excluding tert-OH is 1. The predicted molar refractivity (Wildman–Crippen MR) is 58.0 cm³/mol. The Bertz CT molecular complexity index is 285. The van der Waals surface area contributed by atoms with Crippen molar-refractivity contribution < 1.29 is 5.11 Å². The molecule has 78 valence electrons. The van der Waals surface area contributed by atoms with Crippen LogP contribution in [0.15, 0.2) is 18.5 Å². The molecule has 0 aromatic carbocycles. The van der Waals surface area contributed by atoms with Gasteiger partial charge in [0.15, 0.2) is 0 Å². The standard InChI is InChI=1S/C12H19NO/c1-4-9(2)7-12(14)11-5-6-13-8-10(11)3/h5-6,8-9,12,14H,4,7H2,1-3H3. The van der Waals surface area contributed by atoms with Gasteiger partial charge in [-0.2, -0.15) is 0 Å². The third kappa shape index (κ3) is 2.81. The minimum atomic E-state index is -0.340. The van der Waals surface area contributed by atoms with Crippen LogP contribution in [0.2, 0.25) is 0 Å². The quantitative estimate of drug-likeness (QED) is 0.797. The molecule has 0 amide bonds. The predicted octanol–water partition coefficient (Wildman–Crippen LogP) is 2.86. The summed E-state index contributed by atoms with van der Waals surface area (Å²) < 4.78 is 0. The third-order valence-corrected chi connectivity index (χ3v) is 2.75. The Morgan fingerprint density at radius 2 is 2.21 bits per heavy atom. The first-order valence-corrected chi connectivity index (χ1v) is 5.23. The van der Waals surface area contributed by atoms with Gasteiger partial charge in [-0.3, -0.25) is 4.98 Å². The van der Waals surface area contributed by atoms with Crippen molar-refractivity contribution in [1.29, 1.82) is 0 Å². The summed E-state index contributed by atoms with van der Waals surface area (Å²) in [4.78, 5) is 4.02. The maximum absolute atomic E-state index is 9.98. The fourth-order valence-corrected chi connectivity index (χ4v) is 1.53. The first-order valence-electron chi connectivity index (χ1n) is 5.23. The molecule has 0 radical (unpaired) electrons. The van der Waals surface area contributed by atoms with Gasteiger partial charge in [0.2, 0.25) is 0 Å². The summed E-state index contributed by atoms with van der Waals surface area (Å²) in [5, 5.41) is 9.98. The Balaban J connectivity index is 2.69. The zero-order valence-electron chi connectivity index (χ0n) is 9.20. The number of aliphatic hydroxyl groups is 1. The van der Waals surface area contributed by atoms with Crippen molar-refractivity contribution in [3.05, 3.63) is 29.6 Å². The van der Waals surface area contributed by atoms with Crippen LogP contribution in [-0.2, 0) is 0 Å². The molecule has 1 heterocycles. The third-order valence-electron chi connectivity index (χ3n) is 2.75. The molecule has 2 heteroatoms. The molecule has 0 saturated heterocycles. The van der Waals surface area contributed by atoms with E-state index in [-0.39, 0.29) is 6.10 Å². The molecule has 1 aromatic rings. The average Bonchev–Trinajstić information content (AvgIpc) is 2.18. The van der Waals surface area contributed by atoms with Gasteiger partial charge in [-0.05, 0) is 36.5 Å². The van der Waals surface area contributed by atoms with E-state index in [2.05, 4.69) is 18.8 Å². The SMILES string of the molecule is CCC(C)CC(O)c1ccncc1C. The molecule has 2 nitrogen and oxygen atoms in total. The Morgan fingerprint density at radius 1 is 1.50 bits per heavy atom. The zero-order valence-corrected chi connectivity index (χ0v) is 9.20. The highest BCUT2D eigenvalue weighted by molar-refractivity contribution is 5.23. The monoisotopic (exact) mass is 193 g/mol. The van der Waals surface area contributed by atoms with Crippen LogP contribution in [-0.4, -0.2) is 10.1 Å². The second kappa shape index (κ2) is 5.11. The van der Waals surface area contributed by atoms with Crippen molar-refractivity contribution in [2.45, 2.75) is 39.7 Å². The van der Waals surface area contributed by atoms with Gasteiger partial charge in [0.25, 0.3) is 0 Å². The van der Waals surface area contributed by atoms with E-state index in [4.69, 9.17) is 0 Å². The van der Waals surface area contributed by atoms with E-state index in [0.717, 1.165) is 24.0 Å². The van der Waals surface area contributed by atoms with Crippen molar-refractivity contribution in [2.75, 3.05) is 0 Å². The summed E-state index contributed by atoms with van der Waals surface area (Å²) in [5.74, 6) is 0.567. The molecule has 1 aromatic heterocycles. The van der Waals surface area contributed by atoms with E-state index < -0.39 is 0 Å². The molecule has 0 aliphatic rings. The molecule has 0 aliphatic carbocycles. The van der Waals surface area contributed by atoms with Crippen molar-refractivity contribution >= 4 is 0 Å². The topological polar surface area (TPSA) is 33.1 Å². The minimum absolute atomic E-state index is 0.340. The molecule has 1 N–H and O–H groups in total. The summed E-state index contributed by atoms with van der Waals surface area (Å²) in [6.45, 7) is 6.30. The molecule has 14 heavy (non-hydrogen) atoms. The van der Waals surface area contributed by atoms with Crippen LogP contribution in [0.5, 0.6) is 0 Å². The molecule has 1 rings (SSSR count). The van der Waals surface area contributed by atoms with Crippen molar-refractivity contribution in [2.24, 2.45) is 5.92 Å². The van der Waals surface area contributed by atoms with Gasteiger partial charge in [-0.15, -0.1) is 0 Å². The number of hydrogen-bond acceptors (Lipinski definition) is 2. The average molecular weight is 193 g/mol. The Kier molecular flexibility index (Phi) is 4.08. The summed E-state index contributed by atoms with van der Waals surface area (Å²) in [5.41, 5.74) is 2.09. The Morgan fingerprint density at radius 3 is 2.79 bits per heavy atom. The molecule has 2 unspecified atom stereocenters. The number of hydrogen-bond donors (Lipinski definition) is 1. The lowest BCUT2D eigenvalue weighted by atomic mass is 9.95. The highest BCUT2D eigenvalue weighted by atomic mass is 16.3. The van der Waals surface area contributed by atoms with Crippen molar-refractivity contribution in [3.63, 3.8) is 0 Å². The number of aromatic nitrogens is 1. The van der Waals surface area contributed by atoms with Crippen molar-refractivity contribution in [3.8, 4) is 0 Å². The highest BCUT2D eigenvalue weighted by Crippen LogP contribution is 2.24. The summed E-state index contributed by atoms with van der Waals surface area (Å²) in [7, 11) is 0. The largest absolute Gasteiger partial charge is 0.388 e. The number of rotatable bonds is 4. The smallest absolute Gasteiger partial charge is 0.0796 e. The van der Waals surface area contributed by atoms with E-state index in [1.807, 2.05) is 13.0 Å². The maximum Gasteiger partial charge on any atom is 0.0796 e. The molecular formula is C12H19NO. The molecule has 0 saturated carbocycles. The molecule has 2 atom stereocenters. The second-order valence-electron chi connectivity index (χ2n) is 4.00. The lowest BCUT2D eigenvalue weighted by Gasteiger charge is -2.16. The Hall–Kier alpha value is -0.890. The van der Waals surface area contributed by atoms with Crippen LogP contribution >= 0.6 is 0 Å². The summed E-state index contributed by atoms with van der Waals surface area (Å²) in [6.07, 6.45) is 5.15. The molecule has 0 aliphatic heterocycles. The molecular weight excluding hydrogens is 174 g/mol. The summed E-state index contributed by atoms with van der Waals surface area (Å²) in [6, 6.07) is 1.91. The van der Waals surface area contributed by atoms with Gasteiger partial charge in [-0.1, -0.05) is 20.3 Å². The number of pyridine rings is 1. The highest BCUT2D eigenvalue weighted by Gasteiger charge is 2.12. The fraction of sp³-hybridized carbons (Fsp3) is 0.583. The summed E-state index contributed by atoms with van der Waals surface area (Å²) >= 11 is 0.